The van der Waals surface area contributed by atoms with Gasteiger partial charge in [-0.1, -0.05) is 24.6 Å². The molecular weight excluding hydrogens is 220 g/mol. The molecule has 0 amide bonds. The Bertz CT molecular complexity index is 394. The molecule has 0 aromatic heterocycles. The van der Waals surface area contributed by atoms with Gasteiger partial charge in [-0.05, 0) is 55.9 Å². The van der Waals surface area contributed by atoms with Crippen LogP contribution in [0.25, 0.3) is 0 Å². The van der Waals surface area contributed by atoms with Gasteiger partial charge in [0.25, 0.3) is 0 Å². The second kappa shape index (κ2) is 4.38. The molecule has 16 heavy (non-hydrogen) atoms. The number of rotatable bonds is 4. The lowest BCUT2D eigenvalue weighted by Crippen LogP contribution is -2.11. The molecule has 1 heterocycles. The molecule has 2 rings (SSSR count). The second-order valence-electron chi connectivity index (χ2n) is 4.78. The summed E-state index contributed by atoms with van der Waals surface area (Å²) in [6.07, 6.45) is 3.35. The summed E-state index contributed by atoms with van der Waals surface area (Å²) in [6, 6.07) is 4.15. The van der Waals surface area contributed by atoms with Crippen molar-refractivity contribution in [3.63, 3.8) is 0 Å². The Kier molecular flexibility index (Phi) is 3.27. The topological polar surface area (TPSA) is 12.5 Å². The van der Waals surface area contributed by atoms with Gasteiger partial charge in [0.05, 0.1) is 12.2 Å². The lowest BCUT2D eigenvalue weighted by atomic mass is 9.94. The summed E-state index contributed by atoms with van der Waals surface area (Å²) in [6.45, 7) is 7.38. The van der Waals surface area contributed by atoms with Gasteiger partial charge in [0.2, 0.25) is 0 Å². The van der Waals surface area contributed by atoms with Crippen LogP contribution in [0.15, 0.2) is 12.1 Å². The van der Waals surface area contributed by atoms with Crippen LogP contribution in [0.1, 0.15) is 36.5 Å². The average Bonchev–Trinajstić information content (AvgIpc) is 3.06. The SMILES string of the molecule is CCC1(CCc2ccc(Cl)c(C)c2C)CO1. The monoisotopic (exact) mass is 238 g/mol. The first-order valence-corrected chi connectivity index (χ1v) is 6.34. The van der Waals surface area contributed by atoms with Crippen LogP contribution in [0.5, 0.6) is 0 Å². The summed E-state index contributed by atoms with van der Waals surface area (Å²) in [5.74, 6) is 0. The molecule has 2 heteroatoms. The van der Waals surface area contributed by atoms with Gasteiger partial charge in [-0.3, -0.25) is 0 Å². The first-order valence-electron chi connectivity index (χ1n) is 5.96. The van der Waals surface area contributed by atoms with E-state index in [-0.39, 0.29) is 5.60 Å². The van der Waals surface area contributed by atoms with Crippen molar-refractivity contribution in [1.29, 1.82) is 0 Å². The van der Waals surface area contributed by atoms with Crippen LogP contribution in [-0.4, -0.2) is 12.2 Å². The molecule has 1 atom stereocenters. The fraction of sp³-hybridized carbons (Fsp3) is 0.571. The highest BCUT2D eigenvalue weighted by molar-refractivity contribution is 6.31. The van der Waals surface area contributed by atoms with Crippen molar-refractivity contribution >= 4 is 11.6 Å². The van der Waals surface area contributed by atoms with E-state index in [1.54, 1.807) is 0 Å². The summed E-state index contributed by atoms with van der Waals surface area (Å²) in [4.78, 5) is 0. The van der Waals surface area contributed by atoms with E-state index >= 15 is 0 Å². The average molecular weight is 239 g/mol. The predicted octanol–water partition coefficient (Wildman–Crippen LogP) is 4.07. The highest BCUT2D eigenvalue weighted by Gasteiger charge is 2.41. The van der Waals surface area contributed by atoms with E-state index < -0.39 is 0 Å². The molecule has 1 aromatic carbocycles. The summed E-state index contributed by atoms with van der Waals surface area (Å²) >= 11 is 6.09. The molecule has 1 unspecified atom stereocenters. The van der Waals surface area contributed by atoms with Crippen LogP contribution in [0, 0.1) is 13.8 Å². The largest absolute Gasteiger partial charge is 0.370 e. The Labute approximate surface area is 103 Å². The molecule has 0 saturated carbocycles. The molecule has 0 bridgehead atoms. The molecule has 1 aliphatic heterocycles. The predicted molar refractivity (Wildman–Crippen MR) is 68.2 cm³/mol. The van der Waals surface area contributed by atoms with E-state index in [2.05, 4.69) is 26.8 Å². The van der Waals surface area contributed by atoms with E-state index in [9.17, 15) is 0 Å². The summed E-state index contributed by atoms with van der Waals surface area (Å²) < 4.78 is 5.53. The Balaban J connectivity index is 2.07. The number of halogens is 1. The van der Waals surface area contributed by atoms with Gasteiger partial charge in [-0.2, -0.15) is 0 Å². The van der Waals surface area contributed by atoms with Crippen LogP contribution in [-0.2, 0) is 11.2 Å². The number of ether oxygens (including phenoxy) is 1. The maximum atomic E-state index is 6.09. The number of hydrogen-bond acceptors (Lipinski definition) is 1. The van der Waals surface area contributed by atoms with Gasteiger partial charge in [0.15, 0.2) is 0 Å². The zero-order valence-electron chi connectivity index (χ0n) is 10.3. The normalized spacial score (nSPS) is 23.5. The van der Waals surface area contributed by atoms with E-state index in [4.69, 9.17) is 16.3 Å². The van der Waals surface area contributed by atoms with Gasteiger partial charge >= 0.3 is 0 Å². The maximum absolute atomic E-state index is 6.09. The molecule has 0 spiro atoms. The van der Waals surface area contributed by atoms with E-state index in [0.29, 0.717) is 0 Å². The third kappa shape index (κ3) is 2.26. The Hall–Kier alpha value is -0.530. The van der Waals surface area contributed by atoms with Crippen molar-refractivity contribution in [2.24, 2.45) is 0 Å². The second-order valence-corrected chi connectivity index (χ2v) is 5.19. The van der Waals surface area contributed by atoms with Crippen molar-refractivity contribution in [2.45, 2.75) is 45.6 Å². The maximum Gasteiger partial charge on any atom is 0.0917 e. The third-order valence-corrected chi connectivity index (χ3v) is 4.29. The quantitative estimate of drug-likeness (QED) is 0.721. The van der Waals surface area contributed by atoms with Gasteiger partial charge in [0, 0.05) is 5.02 Å². The van der Waals surface area contributed by atoms with Gasteiger partial charge in [-0.25, -0.2) is 0 Å². The first-order chi connectivity index (χ1) is 7.58. The minimum Gasteiger partial charge on any atom is -0.370 e. The molecule has 1 aromatic rings. The van der Waals surface area contributed by atoms with Gasteiger partial charge in [0.1, 0.15) is 0 Å². The first kappa shape index (κ1) is 11.9. The standard InChI is InChI=1S/C14H19ClO/c1-4-14(9-16-14)8-7-12-5-6-13(15)11(3)10(12)2/h5-6H,4,7-9H2,1-3H3. The van der Waals surface area contributed by atoms with Crippen molar-refractivity contribution in [2.75, 3.05) is 6.61 Å². The number of benzene rings is 1. The zero-order valence-corrected chi connectivity index (χ0v) is 11.0. The third-order valence-electron chi connectivity index (χ3n) is 3.88. The smallest absolute Gasteiger partial charge is 0.0917 e. The zero-order chi connectivity index (χ0) is 11.8. The number of epoxide rings is 1. The van der Waals surface area contributed by atoms with Gasteiger partial charge < -0.3 is 4.74 Å². The van der Waals surface area contributed by atoms with Gasteiger partial charge in [-0.15, -0.1) is 0 Å². The molecule has 0 aliphatic carbocycles. The minimum atomic E-state index is 0.194. The van der Waals surface area contributed by atoms with Crippen molar-refractivity contribution in [3.05, 3.63) is 33.8 Å². The molecule has 0 radical (unpaired) electrons. The minimum absolute atomic E-state index is 0.194. The molecule has 1 saturated heterocycles. The van der Waals surface area contributed by atoms with Crippen LogP contribution in [0.2, 0.25) is 5.02 Å². The molecule has 0 N–H and O–H groups in total. The molecule has 1 nitrogen and oxygen atoms in total. The van der Waals surface area contributed by atoms with Crippen LogP contribution < -0.4 is 0 Å². The summed E-state index contributed by atoms with van der Waals surface area (Å²) in [5.41, 5.74) is 4.14. The summed E-state index contributed by atoms with van der Waals surface area (Å²) in [5, 5.41) is 0.870. The van der Waals surface area contributed by atoms with Crippen LogP contribution in [0.3, 0.4) is 0 Å². The van der Waals surface area contributed by atoms with E-state index in [0.717, 1.165) is 30.9 Å². The summed E-state index contributed by atoms with van der Waals surface area (Å²) in [7, 11) is 0. The highest BCUT2D eigenvalue weighted by atomic mass is 35.5. The van der Waals surface area contributed by atoms with E-state index in [1.807, 2.05) is 6.07 Å². The highest BCUT2D eigenvalue weighted by Crippen LogP contribution is 2.36. The van der Waals surface area contributed by atoms with Crippen LogP contribution in [0.4, 0.5) is 0 Å². The molecule has 88 valence electrons. The number of aryl methyl sites for hydroxylation is 1. The van der Waals surface area contributed by atoms with Crippen molar-refractivity contribution in [3.8, 4) is 0 Å². The fourth-order valence-corrected chi connectivity index (χ4v) is 2.31. The number of hydrogen-bond donors (Lipinski definition) is 0. The lowest BCUT2D eigenvalue weighted by molar-refractivity contribution is 0.281. The van der Waals surface area contributed by atoms with Crippen LogP contribution >= 0.6 is 11.6 Å². The Morgan fingerprint density at radius 1 is 1.31 bits per heavy atom. The van der Waals surface area contributed by atoms with Crippen molar-refractivity contribution < 1.29 is 4.74 Å². The van der Waals surface area contributed by atoms with E-state index in [1.165, 1.54) is 16.7 Å². The molecule has 1 fully saturated rings. The fourth-order valence-electron chi connectivity index (χ4n) is 2.10. The Morgan fingerprint density at radius 2 is 2.00 bits per heavy atom. The molecule has 1 aliphatic rings. The molecular formula is C14H19ClO. The van der Waals surface area contributed by atoms with Crippen molar-refractivity contribution in [1.82, 2.24) is 0 Å². The Morgan fingerprint density at radius 3 is 2.56 bits per heavy atom. The lowest BCUT2D eigenvalue weighted by Gasteiger charge is -2.13.